The van der Waals surface area contributed by atoms with Crippen molar-refractivity contribution in [2.24, 2.45) is 5.92 Å². The van der Waals surface area contributed by atoms with E-state index in [4.69, 9.17) is 4.74 Å². The molecule has 0 radical (unpaired) electrons. The third-order valence-corrected chi connectivity index (χ3v) is 5.91. The van der Waals surface area contributed by atoms with Crippen LogP contribution < -0.4 is 5.32 Å². The van der Waals surface area contributed by atoms with Crippen LogP contribution in [0.15, 0.2) is 0 Å². The van der Waals surface area contributed by atoms with Gasteiger partial charge in [0.1, 0.15) is 0 Å². The highest BCUT2D eigenvalue weighted by atomic mass is 16.5. The molecule has 4 rings (SSSR count). The SMILES string of the molecule is C[C@@H]1C[C@@H]1N1C[C@H](NC(=O)N2CCC[C@H]2[C@@H]2CCCO2)CC1=O. The Balaban J connectivity index is 1.33. The van der Waals surface area contributed by atoms with Crippen molar-refractivity contribution >= 4 is 11.9 Å². The van der Waals surface area contributed by atoms with E-state index in [1.54, 1.807) is 0 Å². The van der Waals surface area contributed by atoms with Crippen molar-refractivity contribution in [3.8, 4) is 0 Å². The first-order valence-electron chi connectivity index (χ1n) is 9.11. The first-order chi connectivity index (χ1) is 11.1. The Morgan fingerprint density at radius 3 is 2.78 bits per heavy atom. The molecule has 6 heteroatoms. The van der Waals surface area contributed by atoms with Gasteiger partial charge >= 0.3 is 6.03 Å². The fourth-order valence-electron chi connectivity index (χ4n) is 4.48. The van der Waals surface area contributed by atoms with Gasteiger partial charge in [-0.15, -0.1) is 0 Å². The molecule has 0 aromatic heterocycles. The lowest BCUT2D eigenvalue weighted by atomic mass is 10.1. The smallest absolute Gasteiger partial charge is 0.318 e. The molecule has 0 aromatic carbocycles. The van der Waals surface area contributed by atoms with Crippen molar-refractivity contribution in [2.75, 3.05) is 19.7 Å². The third-order valence-electron chi connectivity index (χ3n) is 5.91. The molecule has 0 unspecified atom stereocenters. The lowest BCUT2D eigenvalue weighted by Crippen LogP contribution is -2.50. The molecule has 0 bridgehead atoms. The summed E-state index contributed by atoms with van der Waals surface area (Å²) in [7, 11) is 0. The number of ether oxygens (including phenoxy) is 1. The summed E-state index contributed by atoms with van der Waals surface area (Å²) in [4.78, 5) is 28.7. The predicted octanol–water partition coefficient (Wildman–Crippen LogP) is 1.35. The molecule has 5 atom stereocenters. The largest absolute Gasteiger partial charge is 0.376 e. The average molecular weight is 321 g/mol. The number of nitrogens with zero attached hydrogens (tertiary/aromatic N) is 2. The van der Waals surface area contributed by atoms with E-state index in [0.717, 1.165) is 45.3 Å². The molecule has 4 aliphatic rings. The van der Waals surface area contributed by atoms with Crippen LogP contribution in [0.3, 0.4) is 0 Å². The normalized spacial score (nSPS) is 40.0. The molecule has 4 fully saturated rings. The Bertz CT molecular complexity index is 491. The van der Waals surface area contributed by atoms with Crippen molar-refractivity contribution in [1.82, 2.24) is 15.1 Å². The van der Waals surface area contributed by atoms with Crippen LogP contribution in [0.5, 0.6) is 0 Å². The maximum atomic E-state index is 12.7. The second kappa shape index (κ2) is 5.96. The Morgan fingerprint density at radius 1 is 1.26 bits per heavy atom. The highest BCUT2D eigenvalue weighted by Gasteiger charge is 2.45. The highest BCUT2D eigenvalue weighted by Crippen LogP contribution is 2.37. The van der Waals surface area contributed by atoms with E-state index < -0.39 is 0 Å². The Morgan fingerprint density at radius 2 is 2.09 bits per heavy atom. The van der Waals surface area contributed by atoms with Gasteiger partial charge in [0.15, 0.2) is 0 Å². The maximum Gasteiger partial charge on any atom is 0.318 e. The summed E-state index contributed by atoms with van der Waals surface area (Å²) in [5.74, 6) is 0.817. The van der Waals surface area contributed by atoms with Gasteiger partial charge < -0.3 is 19.9 Å². The molecule has 3 aliphatic heterocycles. The van der Waals surface area contributed by atoms with Gasteiger partial charge in [-0.05, 0) is 38.0 Å². The van der Waals surface area contributed by atoms with Crippen molar-refractivity contribution < 1.29 is 14.3 Å². The van der Waals surface area contributed by atoms with Crippen molar-refractivity contribution in [2.45, 2.75) is 69.7 Å². The number of nitrogens with one attached hydrogen (secondary N) is 1. The van der Waals surface area contributed by atoms with E-state index in [9.17, 15) is 9.59 Å². The van der Waals surface area contributed by atoms with E-state index in [1.165, 1.54) is 0 Å². The minimum Gasteiger partial charge on any atom is -0.376 e. The molecule has 0 spiro atoms. The molecule has 1 N–H and O–H groups in total. The first kappa shape index (κ1) is 15.2. The predicted molar refractivity (Wildman–Crippen MR) is 84.9 cm³/mol. The van der Waals surface area contributed by atoms with E-state index in [-0.39, 0.29) is 30.1 Å². The monoisotopic (exact) mass is 321 g/mol. The molecule has 3 amide bonds. The summed E-state index contributed by atoms with van der Waals surface area (Å²) in [5.41, 5.74) is 0. The Kier molecular flexibility index (Phi) is 3.95. The lowest BCUT2D eigenvalue weighted by molar-refractivity contribution is -0.128. The average Bonchev–Trinajstić information content (AvgIpc) is 3.01. The summed E-state index contributed by atoms with van der Waals surface area (Å²) in [6.45, 7) is 4.49. The van der Waals surface area contributed by atoms with Crippen LogP contribution in [-0.4, -0.2) is 65.7 Å². The zero-order valence-electron chi connectivity index (χ0n) is 13.9. The zero-order valence-corrected chi connectivity index (χ0v) is 13.9. The van der Waals surface area contributed by atoms with Gasteiger partial charge in [0.05, 0.1) is 18.2 Å². The Labute approximate surface area is 137 Å². The fraction of sp³-hybridized carbons (Fsp3) is 0.882. The van der Waals surface area contributed by atoms with Gasteiger partial charge in [0, 0.05) is 32.2 Å². The molecule has 3 heterocycles. The van der Waals surface area contributed by atoms with Crippen LogP contribution >= 0.6 is 0 Å². The van der Waals surface area contributed by atoms with Gasteiger partial charge in [0.25, 0.3) is 0 Å². The number of carbonyl (C=O) groups excluding carboxylic acids is 2. The van der Waals surface area contributed by atoms with Crippen molar-refractivity contribution in [3.05, 3.63) is 0 Å². The summed E-state index contributed by atoms with van der Waals surface area (Å²) in [5, 5.41) is 3.10. The molecule has 6 nitrogen and oxygen atoms in total. The molecule has 23 heavy (non-hydrogen) atoms. The van der Waals surface area contributed by atoms with Crippen molar-refractivity contribution in [3.63, 3.8) is 0 Å². The molecule has 128 valence electrons. The number of hydrogen-bond acceptors (Lipinski definition) is 3. The molecular weight excluding hydrogens is 294 g/mol. The molecule has 3 saturated heterocycles. The minimum atomic E-state index is -0.0338. The van der Waals surface area contributed by atoms with Crippen LogP contribution in [0.1, 0.15) is 45.4 Å². The van der Waals surface area contributed by atoms with E-state index in [1.807, 2.05) is 9.80 Å². The van der Waals surface area contributed by atoms with E-state index in [2.05, 4.69) is 12.2 Å². The third kappa shape index (κ3) is 2.93. The number of carbonyl (C=O) groups is 2. The van der Waals surface area contributed by atoms with Gasteiger partial charge in [-0.2, -0.15) is 0 Å². The highest BCUT2D eigenvalue weighted by molar-refractivity contribution is 5.82. The maximum absolute atomic E-state index is 12.7. The van der Waals surface area contributed by atoms with Gasteiger partial charge in [0.2, 0.25) is 5.91 Å². The summed E-state index contributed by atoms with van der Waals surface area (Å²) in [6.07, 6.45) is 6.01. The quantitative estimate of drug-likeness (QED) is 0.853. The zero-order chi connectivity index (χ0) is 16.0. The van der Waals surface area contributed by atoms with Crippen LogP contribution in [-0.2, 0) is 9.53 Å². The van der Waals surface area contributed by atoms with Gasteiger partial charge in [-0.25, -0.2) is 4.79 Å². The topological polar surface area (TPSA) is 61.9 Å². The molecule has 0 aromatic rings. The van der Waals surface area contributed by atoms with E-state index >= 15 is 0 Å². The Hall–Kier alpha value is -1.30. The molecule has 1 aliphatic carbocycles. The second-order valence-electron chi connectivity index (χ2n) is 7.63. The standard InChI is InChI=1S/C17H27N3O3/c1-11-8-14(11)20-10-12(9-16(20)21)18-17(22)19-6-2-4-13(19)15-5-3-7-23-15/h11-15H,2-10H2,1H3,(H,18,22)/t11-,12-,13+,14+,15+/m1/s1. The second-order valence-corrected chi connectivity index (χ2v) is 7.63. The number of urea groups is 1. The van der Waals surface area contributed by atoms with Crippen LogP contribution in [0.2, 0.25) is 0 Å². The summed E-state index contributed by atoms with van der Waals surface area (Å²) < 4.78 is 5.79. The van der Waals surface area contributed by atoms with E-state index in [0.29, 0.717) is 24.9 Å². The van der Waals surface area contributed by atoms with Gasteiger partial charge in [-0.3, -0.25) is 4.79 Å². The van der Waals surface area contributed by atoms with Crippen molar-refractivity contribution in [1.29, 1.82) is 0 Å². The number of amides is 3. The van der Waals surface area contributed by atoms with Crippen LogP contribution in [0, 0.1) is 5.92 Å². The lowest BCUT2D eigenvalue weighted by Gasteiger charge is -2.30. The molecular formula is C17H27N3O3. The van der Waals surface area contributed by atoms with Gasteiger partial charge in [-0.1, -0.05) is 6.92 Å². The summed E-state index contributed by atoms with van der Waals surface area (Å²) in [6, 6.07) is 0.588. The van der Waals surface area contributed by atoms with Crippen LogP contribution in [0.4, 0.5) is 4.79 Å². The number of hydrogen-bond donors (Lipinski definition) is 1. The first-order valence-corrected chi connectivity index (χ1v) is 9.11. The fourth-order valence-corrected chi connectivity index (χ4v) is 4.48. The molecule has 1 saturated carbocycles. The number of rotatable bonds is 3. The summed E-state index contributed by atoms with van der Waals surface area (Å²) >= 11 is 0. The number of likely N-dealkylation sites (tertiary alicyclic amines) is 2. The minimum absolute atomic E-state index is 0.00787. The van der Waals surface area contributed by atoms with Crippen LogP contribution in [0.25, 0.3) is 0 Å².